The van der Waals surface area contributed by atoms with Crippen LogP contribution in [0.1, 0.15) is 34.6 Å². The van der Waals surface area contributed by atoms with E-state index in [1.54, 1.807) is 0 Å². The second-order valence-corrected chi connectivity index (χ2v) is 5.71. The molecule has 0 saturated carbocycles. The molecule has 0 spiro atoms. The maximum Gasteiger partial charge on any atom is 0.0594 e. The van der Waals surface area contributed by atoms with Gasteiger partial charge in [0, 0.05) is 19.1 Å². The molecule has 0 bridgehead atoms. The van der Waals surface area contributed by atoms with Crippen molar-refractivity contribution in [3.8, 4) is 0 Å². The molecule has 0 saturated heterocycles. The highest BCUT2D eigenvalue weighted by atomic mass is 16.3. The van der Waals surface area contributed by atoms with Gasteiger partial charge in [-0.25, -0.2) is 0 Å². The summed E-state index contributed by atoms with van der Waals surface area (Å²) >= 11 is 0. The highest BCUT2D eigenvalue weighted by Crippen LogP contribution is 2.36. The molecule has 0 aromatic carbocycles. The molecule has 0 rings (SSSR count). The Morgan fingerprint density at radius 3 is 2.07 bits per heavy atom. The summed E-state index contributed by atoms with van der Waals surface area (Å²) in [6, 6.07) is -0.147. The molecule has 0 aliphatic heterocycles. The highest BCUT2D eigenvalue weighted by Gasteiger charge is 2.32. The normalized spacial score (nSPS) is 15.6. The monoisotopic (exact) mass is 202 g/mol. The molecule has 0 aliphatic carbocycles. The molecule has 4 N–H and O–H groups in total. The van der Waals surface area contributed by atoms with Crippen molar-refractivity contribution in [1.29, 1.82) is 0 Å². The van der Waals surface area contributed by atoms with E-state index in [1.807, 2.05) is 0 Å². The lowest BCUT2D eigenvalue weighted by molar-refractivity contribution is 0.127. The largest absolute Gasteiger partial charge is 0.395 e. The van der Waals surface area contributed by atoms with Gasteiger partial charge >= 0.3 is 0 Å². The van der Waals surface area contributed by atoms with Gasteiger partial charge in [0.05, 0.1) is 6.61 Å². The number of hydrogen-bond acceptors (Lipinski definition) is 3. The van der Waals surface area contributed by atoms with E-state index in [0.717, 1.165) is 6.54 Å². The van der Waals surface area contributed by atoms with Crippen LogP contribution in [0.3, 0.4) is 0 Å². The molecule has 1 atom stereocenters. The molecule has 0 aromatic heterocycles. The van der Waals surface area contributed by atoms with Gasteiger partial charge in [0.25, 0.3) is 0 Å². The lowest BCUT2D eigenvalue weighted by atomic mass is 9.69. The Balaban J connectivity index is 3.89. The Hall–Kier alpha value is -0.120. The molecule has 0 radical (unpaired) electrons. The van der Waals surface area contributed by atoms with Crippen molar-refractivity contribution in [2.45, 2.75) is 40.7 Å². The van der Waals surface area contributed by atoms with Crippen LogP contribution in [-0.2, 0) is 0 Å². The van der Waals surface area contributed by atoms with E-state index in [-0.39, 0.29) is 23.5 Å². The van der Waals surface area contributed by atoms with Crippen molar-refractivity contribution in [1.82, 2.24) is 5.32 Å². The number of hydrogen-bond donors (Lipinski definition) is 3. The first-order valence-electron chi connectivity index (χ1n) is 5.28. The zero-order chi connectivity index (χ0) is 11.4. The quantitative estimate of drug-likeness (QED) is 0.622. The molecular weight excluding hydrogens is 176 g/mol. The van der Waals surface area contributed by atoms with Crippen LogP contribution in [0.25, 0.3) is 0 Å². The van der Waals surface area contributed by atoms with Crippen LogP contribution in [0.4, 0.5) is 0 Å². The van der Waals surface area contributed by atoms with E-state index in [9.17, 15) is 0 Å². The summed E-state index contributed by atoms with van der Waals surface area (Å²) in [5.41, 5.74) is 6.09. The molecule has 0 heterocycles. The molecule has 3 nitrogen and oxygen atoms in total. The fourth-order valence-electron chi connectivity index (χ4n) is 0.900. The zero-order valence-corrected chi connectivity index (χ0v) is 10.2. The van der Waals surface area contributed by atoms with Crippen LogP contribution < -0.4 is 11.1 Å². The first kappa shape index (κ1) is 13.9. The van der Waals surface area contributed by atoms with Crippen LogP contribution in [0, 0.1) is 10.8 Å². The Morgan fingerprint density at radius 1 is 1.21 bits per heavy atom. The Morgan fingerprint density at radius 2 is 1.71 bits per heavy atom. The maximum absolute atomic E-state index is 8.76. The fourth-order valence-corrected chi connectivity index (χ4v) is 0.900. The van der Waals surface area contributed by atoms with Gasteiger partial charge in [-0.3, -0.25) is 0 Å². The summed E-state index contributed by atoms with van der Waals surface area (Å²) in [6.07, 6.45) is 0. The van der Waals surface area contributed by atoms with Gasteiger partial charge in [-0.2, -0.15) is 0 Å². The molecule has 0 aromatic rings. The van der Waals surface area contributed by atoms with Crippen LogP contribution in [-0.4, -0.2) is 30.8 Å². The summed E-state index contributed by atoms with van der Waals surface area (Å²) in [5, 5.41) is 12.1. The van der Waals surface area contributed by atoms with Crippen LogP contribution in [0.5, 0.6) is 0 Å². The zero-order valence-electron chi connectivity index (χ0n) is 10.2. The third-order valence-corrected chi connectivity index (χ3v) is 3.24. The average Bonchev–Trinajstić information content (AvgIpc) is 2.01. The van der Waals surface area contributed by atoms with E-state index in [4.69, 9.17) is 10.8 Å². The Labute approximate surface area is 88.1 Å². The third-order valence-electron chi connectivity index (χ3n) is 3.24. The summed E-state index contributed by atoms with van der Waals surface area (Å²) in [4.78, 5) is 0. The Kier molecular flexibility index (Phi) is 5.06. The number of nitrogens with one attached hydrogen (secondary N) is 1. The number of rotatable bonds is 5. The summed E-state index contributed by atoms with van der Waals surface area (Å²) in [5.74, 6) is 0. The van der Waals surface area contributed by atoms with Gasteiger partial charge in [0.15, 0.2) is 0 Å². The first-order valence-corrected chi connectivity index (χ1v) is 5.28. The molecule has 0 fully saturated rings. The van der Waals surface area contributed by atoms with Crippen molar-refractivity contribution in [3.05, 3.63) is 0 Å². The molecule has 86 valence electrons. The minimum absolute atomic E-state index is 0.0446. The van der Waals surface area contributed by atoms with E-state index in [0.29, 0.717) is 6.54 Å². The van der Waals surface area contributed by atoms with Crippen LogP contribution in [0.15, 0.2) is 0 Å². The highest BCUT2D eigenvalue weighted by molar-refractivity contribution is 4.84. The number of nitrogens with two attached hydrogens (primary N) is 1. The van der Waals surface area contributed by atoms with E-state index in [2.05, 4.69) is 39.9 Å². The lowest BCUT2D eigenvalue weighted by Crippen LogP contribution is -2.44. The van der Waals surface area contributed by atoms with E-state index < -0.39 is 0 Å². The van der Waals surface area contributed by atoms with Crippen molar-refractivity contribution < 1.29 is 5.11 Å². The fraction of sp³-hybridized carbons (Fsp3) is 1.00. The molecule has 14 heavy (non-hydrogen) atoms. The van der Waals surface area contributed by atoms with Crippen molar-refractivity contribution >= 4 is 0 Å². The van der Waals surface area contributed by atoms with Gasteiger partial charge in [0.2, 0.25) is 0 Å². The maximum atomic E-state index is 8.76. The Bertz CT molecular complexity index is 161. The molecule has 0 aliphatic rings. The van der Waals surface area contributed by atoms with E-state index in [1.165, 1.54) is 0 Å². The van der Waals surface area contributed by atoms with Crippen molar-refractivity contribution in [2.75, 3.05) is 19.7 Å². The predicted molar refractivity (Wildman–Crippen MR) is 61.2 cm³/mol. The van der Waals surface area contributed by atoms with Crippen LogP contribution in [0.2, 0.25) is 0 Å². The topological polar surface area (TPSA) is 58.3 Å². The molecule has 0 amide bonds. The molecule has 1 unspecified atom stereocenters. The van der Waals surface area contributed by atoms with Gasteiger partial charge in [-0.1, -0.05) is 34.6 Å². The minimum Gasteiger partial charge on any atom is -0.395 e. The second kappa shape index (κ2) is 5.10. The van der Waals surface area contributed by atoms with E-state index >= 15 is 0 Å². The number of aliphatic hydroxyl groups excluding tert-OH is 1. The molecular formula is C11H26N2O. The van der Waals surface area contributed by atoms with Crippen molar-refractivity contribution in [2.24, 2.45) is 16.6 Å². The van der Waals surface area contributed by atoms with Crippen molar-refractivity contribution in [3.63, 3.8) is 0 Å². The average molecular weight is 202 g/mol. The second-order valence-electron chi connectivity index (χ2n) is 5.71. The van der Waals surface area contributed by atoms with Gasteiger partial charge in [0.1, 0.15) is 0 Å². The third kappa shape index (κ3) is 4.40. The first-order chi connectivity index (χ1) is 6.20. The predicted octanol–water partition coefficient (Wildman–Crippen LogP) is 0.968. The smallest absolute Gasteiger partial charge is 0.0594 e. The van der Waals surface area contributed by atoms with Gasteiger partial charge in [-0.05, 0) is 10.8 Å². The van der Waals surface area contributed by atoms with Crippen LogP contribution >= 0.6 is 0 Å². The SMILES string of the molecule is CC(C)(C)C(C)(C)CNCC(N)CO. The minimum atomic E-state index is -0.147. The standard InChI is InChI=1S/C11H26N2O/c1-10(2,3)11(4,5)8-13-6-9(12)7-14/h9,13-14H,6-8,12H2,1-5H3. The summed E-state index contributed by atoms with van der Waals surface area (Å²) in [7, 11) is 0. The summed E-state index contributed by atoms with van der Waals surface area (Å²) in [6.45, 7) is 12.8. The molecule has 3 heteroatoms. The lowest BCUT2D eigenvalue weighted by Gasteiger charge is -2.39. The van der Waals surface area contributed by atoms with Gasteiger partial charge < -0.3 is 16.2 Å². The van der Waals surface area contributed by atoms with Gasteiger partial charge in [-0.15, -0.1) is 0 Å². The number of aliphatic hydroxyl groups is 1. The summed E-state index contributed by atoms with van der Waals surface area (Å²) < 4.78 is 0.